The number of aliphatic hydroxyl groups excluding tert-OH is 1. The van der Waals surface area contributed by atoms with Gasteiger partial charge in [-0.1, -0.05) is 30.3 Å². The molecule has 4 aromatic rings. The van der Waals surface area contributed by atoms with E-state index in [1.807, 2.05) is 6.07 Å². The number of sulfonamides is 1. The third kappa shape index (κ3) is 4.19. The molecule has 4 rings (SSSR count). The first kappa shape index (κ1) is 20.7. The first-order valence-corrected chi connectivity index (χ1v) is 10.9. The molecule has 0 saturated carbocycles. The average Bonchev–Trinajstić information content (AvgIpc) is 3.21. The predicted molar refractivity (Wildman–Crippen MR) is 116 cm³/mol. The van der Waals surface area contributed by atoms with Crippen LogP contribution in [0.1, 0.15) is 22.0 Å². The Bertz CT molecular complexity index is 1330. The third-order valence-electron chi connectivity index (χ3n) is 4.94. The summed E-state index contributed by atoms with van der Waals surface area (Å²) < 4.78 is 29.9. The molecule has 1 amide bonds. The van der Waals surface area contributed by atoms with E-state index < -0.39 is 22.0 Å². The van der Waals surface area contributed by atoms with E-state index in [-0.39, 0.29) is 11.5 Å². The van der Waals surface area contributed by atoms with E-state index in [0.29, 0.717) is 22.3 Å². The van der Waals surface area contributed by atoms with Crippen LogP contribution in [0.15, 0.2) is 84.0 Å². The Morgan fingerprint density at radius 1 is 1.06 bits per heavy atom. The normalized spacial score (nSPS) is 12.7. The van der Waals surface area contributed by atoms with Gasteiger partial charge < -0.3 is 10.8 Å². The Kier molecular flexibility index (Phi) is 5.55. The predicted octanol–water partition coefficient (Wildman–Crippen LogP) is 2.14. The van der Waals surface area contributed by atoms with Crippen molar-refractivity contribution in [1.82, 2.24) is 14.3 Å². The van der Waals surface area contributed by atoms with E-state index in [1.54, 1.807) is 65.5 Å². The summed E-state index contributed by atoms with van der Waals surface area (Å²) in [5.41, 5.74) is 8.40. The number of carbonyl (C=O) groups excluding carboxylic acids is 1. The molecule has 0 saturated heterocycles. The Balaban J connectivity index is 1.60. The number of imidazole rings is 1. The number of aliphatic hydroxyl groups is 1. The molecule has 9 heteroatoms. The molecule has 0 bridgehead atoms. The number of hydrogen-bond donors (Lipinski definition) is 3. The van der Waals surface area contributed by atoms with Crippen molar-refractivity contribution in [1.29, 1.82) is 0 Å². The highest BCUT2D eigenvalue weighted by atomic mass is 32.2. The second-order valence-corrected chi connectivity index (χ2v) is 8.66. The van der Waals surface area contributed by atoms with Gasteiger partial charge in [-0.05, 0) is 48.0 Å². The molecular weight excluding hydrogens is 416 g/mol. The minimum Gasteiger partial charge on any atom is -0.394 e. The van der Waals surface area contributed by atoms with E-state index >= 15 is 0 Å². The van der Waals surface area contributed by atoms with E-state index in [4.69, 9.17) is 5.73 Å². The zero-order valence-electron chi connectivity index (χ0n) is 16.3. The van der Waals surface area contributed by atoms with Crippen LogP contribution in [0.3, 0.4) is 0 Å². The van der Waals surface area contributed by atoms with Gasteiger partial charge in [0, 0.05) is 11.3 Å². The van der Waals surface area contributed by atoms with Gasteiger partial charge in [0.2, 0.25) is 15.9 Å². The number of nitrogens with zero attached hydrogens (tertiary/aromatic N) is 2. The van der Waals surface area contributed by atoms with Crippen molar-refractivity contribution in [3.63, 3.8) is 0 Å². The molecule has 0 aliphatic carbocycles. The zero-order valence-corrected chi connectivity index (χ0v) is 17.2. The van der Waals surface area contributed by atoms with Crippen molar-refractivity contribution >= 4 is 27.0 Å². The summed E-state index contributed by atoms with van der Waals surface area (Å²) >= 11 is 0. The number of nitrogens with one attached hydrogen (secondary N) is 1. The maximum atomic E-state index is 12.8. The number of amides is 1. The first-order valence-electron chi connectivity index (χ1n) is 9.44. The van der Waals surface area contributed by atoms with Crippen LogP contribution in [-0.2, 0) is 10.0 Å². The lowest BCUT2D eigenvalue weighted by Crippen LogP contribution is -2.30. The Morgan fingerprint density at radius 3 is 2.42 bits per heavy atom. The SMILES string of the molecule is NC(=O)c1ccc2c(c1)ncn2-c1ccc(S(=O)(=O)N[C@@H](CO)c2ccccc2)cc1. The molecule has 0 spiro atoms. The molecule has 1 heterocycles. The monoisotopic (exact) mass is 436 g/mol. The number of hydrogen-bond acceptors (Lipinski definition) is 5. The number of carbonyl (C=O) groups is 1. The summed E-state index contributed by atoms with van der Waals surface area (Å²) in [6.07, 6.45) is 1.59. The average molecular weight is 436 g/mol. The topological polar surface area (TPSA) is 127 Å². The molecule has 8 nitrogen and oxygen atoms in total. The quantitative estimate of drug-likeness (QED) is 0.409. The lowest BCUT2D eigenvalue weighted by atomic mass is 10.1. The number of nitrogens with two attached hydrogens (primary N) is 1. The summed E-state index contributed by atoms with van der Waals surface area (Å²) in [5.74, 6) is -0.532. The van der Waals surface area contributed by atoms with Crippen LogP contribution in [0.2, 0.25) is 0 Å². The summed E-state index contributed by atoms with van der Waals surface area (Å²) in [5, 5.41) is 9.65. The van der Waals surface area contributed by atoms with Crippen LogP contribution in [0.5, 0.6) is 0 Å². The van der Waals surface area contributed by atoms with Gasteiger partial charge in [0.15, 0.2) is 0 Å². The van der Waals surface area contributed by atoms with Crippen LogP contribution in [0, 0.1) is 0 Å². The molecule has 0 fully saturated rings. The molecular formula is C22H20N4O4S. The largest absolute Gasteiger partial charge is 0.394 e. The fraction of sp³-hybridized carbons (Fsp3) is 0.0909. The van der Waals surface area contributed by atoms with Gasteiger partial charge in [0.25, 0.3) is 0 Å². The number of fused-ring (bicyclic) bond motifs is 1. The summed E-state index contributed by atoms with van der Waals surface area (Å²) in [6.45, 7) is -0.365. The highest BCUT2D eigenvalue weighted by Gasteiger charge is 2.21. The van der Waals surface area contributed by atoms with E-state index in [9.17, 15) is 18.3 Å². The van der Waals surface area contributed by atoms with Crippen molar-refractivity contribution < 1.29 is 18.3 Å². The number of rotatable bonds is 7. The molecule has 31 heavy (non-hydrogen) atoms. The van der Waals surface area contributed by atoms with Crippen molar-refractivity contribution in [2.75, 3.05) is 6.61 Å². The van der Waals surface area contributed by atoms with Gasteiger partial charge in [-0.2, -0.15) is 0 Å². The van der Waals surface area contributed by atoms with Gasteiger partial charge in [0.05, 0.1) is 28.6 Å². The number of primary amides is 1. The van der Waals surface area contributed by atoms with Crippen LogP contribution in [-0.4, -0.2) is 35.6 Å². The smallest absolute Gasteiger partial charge is 0.248 e. The lowest BCUT2D eigenvalue weighted by molar-refractivity contribution is 0.100. The van der Waals surface area contributed by atoms with Gasteiger partial charge in [-0.15, -0.1) is 0 Å². The highest BCUT2D eigenvalue weighted by Crippen LogP contribution is 2.22. The maximum Gasteiger partial charge on any atom is 0.248 e. The van der Waals surface area contributed by atoms with Gasteiger partial charge in [-0.25, -0.2) is 18.1 Å². The Hall–Kier alpha value is -3.53. The molecule has 0 radical (unpaired) electrons. The molecule has 4 N–H and O–H groups in total. The van der Waals surface area contributed by atoms with Gasteiger partial charge in [0.1, 0.15) is 6.33 Å². The molecule has 0 aliphatic heterocycles. The van der Waals surface area contributed by atoms with Crippen molar-refractivity contribution in [2.45, 2.75) is 10.9 Å². The van der Waals surface area contributed by atoms with Crippen LogP contribution >= 0.6 is 0 Å². The number of aromatic nitrogens is 2. The zero-order chi connectivity index (χ0) is 22.0. The highest BCUT2D eigenvalue weighted by molar-refractivity contribution is 7.89. The van der Waals surface area contributed by atoms with Crippen molar-refractivity contribution in [3.05, 3.63) is 90.3 Å². The van der Waals surface area contributed by atoms with Crippen LogP contribution in [0.25, 0.3) is 16.7 Å². The minimum atomic E-state index is -3.85. The molecule has 3 aromatic carbocycles. The molecule has 0 aliphatic rings. The van der Waals surface area contributed by atoms with Gasteiger partial charge in [-0.3, -0.25) is 9.36 Å². The van der Waals surface area contributed by atoms with Crippen molar-refractivity contribution in [2.24, 2.45) is 5.73 Å². The van der Waals surface area contributed by atoms with E-state index in [2.05, 4.69) is 9.71 Å². The van der Waals surface area contributed by atoms with Crippen LogP contribution < -0.4 is 10.5 Å². The standard InChI is InChI=1S/C22H20N4O4S/c23-22(28)16-6-11-21-19(12-16)24-14-26(21)17-7-9-18(10-8-17)31(29,30)25-20(13-27)15-4-2-1-3-5-15/h1-12,14,20,25,27H,13H2,(H2,23,28)/t20-/m0/s1. The van der Waals surface area contributed by atoms with E-state index in [0.717, 1.165) is 5.52 Å². The van der Waals surface area contributed by atoms with Crippen molar-refractivity contribution in [3.8, 4) is 5.69 Å². The summed E-state index contributed by atoms with van der Waals surface area (Å²) in [4.78, 5) is 15.7. The lowest BCUT2D eigenvalue weighted by Gasteiger charge is -2.17. The second-order valence-electron chi connectivity index (χ2n) is 6.94. The molecule has 158 valence electrons. The fourth-order valence-corrected chi connectivity index (χ4v) is 4.52. The first-order chi connectivity index (χ1) is 14.9. The van der Waals surface area contributed by atoms with E-state index in [1.165, 1.54) is 12.1 Å². The summed E-state index contributed by atoms with van der Waals surface area (Å²) in [6, 6.07) is 19.4. The Labute approximate surface area is 179 Å². The maximum absolute atomic E-state index is 12.8. The minimum absolute atomic E-state index is 0.0751. The summed E-state index contributed by atoms with van der Waals surface area (Å²) in [7, 11) is -3.85. The van der Waals surface area contributed by atoms with Crippen LogP contribution in [0.4, 0.5) is 0 Å². The Morgan fingerprint density at radius 2 is 1.77 bits per heavy atom. The second kappa shape index (κ2) is 8.31. The number of benzene rings is 3. The fourth-order valence-electron chi connectivity index (χ4n) is 3.31. The molecule has 1 atom stereocenters. The third-order valence-corrected chi connectivity index (χ3v) is 6.43. The molecule has 0 unspecified atom stereocenters. The molecule has 1 aromatic heterocycles. The van der Waals surface area contributed by atoms with Gasteiger partial charge >= 0.3 is 0 Å².